The van der Waals surface area contributed by atoms with Crippen LogP contribution in [0.25, 0.3) is 0 Å². The summed E-state index contributed by atoms with van der Waals surface area (Å²) in [6, 6.07) is 2.24. The molecule has 14 heavy (non-hydrogen) atoms. The third kappa shape index (κ3) is 6.88. The van der Waals surface area contributed by atoms with Gasteiger partial charge in [0.1, 0.15) is 0 Å². The normalized spacial score (nSPS) is 10.2. The second kappa shape index (κ2) is 8.78. The Kier molecular flexibility index (Phi) is 9.09. The minimum atomic E-state index is 0. The fourth-order valence-electron chi connectivity index (χ4n) is 1.49. The quantitative estimate of drug-likeness (QED) is 0.556. The predicted octanol–water partition coefficient (Wildman–Crippen LogP) is 3.59. The summed E-state index contributed by atoms with van der Waals surface area (Å²) in [7, 11) is 0. The molecule has 2 radical (unpaired) electrons. The third-order valence-electron chi connectivity index (χ3n) is 2.33. The molecule has 0 aromatic carbocycles. The molecule has 0 nitrogen and oxygen atoms in total. The van der Waals surface area contributed by atoms with E-state index in [-0.39, 0.29) is 23.9 Å². The van der Waals surface area contributed by atoms with E-state index in [1.54, 1.807) is 0 Å². The van der Waals surface area contributed by atoms with Gasteiger partial charge in [0.15, 0.2) is 0 Å². The van der Waals surface area contributed by atoms with Crippen LogP contribution in [-0.2, 0) is 6.42 Å². The number of rotatable bonds is 6. The summed E-state index contributed by atoms with van der Waals surface area (Å²) < 4.78 is 0. The second-order valence-corrected chi connectivity index (χ2v) is 4.90. The molecule has 0 aliphatic rings. The molecule has 0 spiro atoms. The molecule has 80 valence electrons. The van der Waals surface area contributed by atoms with Crippen molar-refractivity contribution in [2.75, 3.05) is 0 Å². The molecule has 1 aromatic rings. The van der Waals surface area contributed by atoms with E-state index in [2.05, 4.69) is 30.7 Å². The molecular formula is C12H22SSn. The Bertz CT molecular complexity index is 204. The van der Waals surface area contributed by atoms with Crippen LogP contribution in [0.4, 0.5) is 0 Å². The Labute approximate surface area is 109 Å². The number of hydrogen-bond donors (Lipinski definition) is 0. The molecule has 0 saturated carbocycles. The molecule has 1 aromatic heterocycles. The van der Waals surface area contributed by atoms with E-state index < -0.39 is 0 Å². The molecular weight excluding hydrogens is 295 g/mol. The van der Waals surface area contributed by atoms with E-state index in [1.807, 2.05) is 11.3 Å². The van der Waals surface area contributed by atoms with E-state index in [0.29, 0.717) is 0 Å². The molecule has 0 unspecified atom stereocenters. The second-order valence-electron chi connectivity index (χ2n) is 4.12. The molecule has 0 bridgehead atoms. The van der Waals surface area contributed by atoms with Gasteiger partial charge in [-0.25, -0.2) is 0 Å². The van der Waals surface area contributed by atoms with Crippen molar-refractivity contribution >= 4 is 35.2 Å². The molecule has 0 aliphatic carbocycles. The first-order valence-electron chi connectivity index (χ1n) is 5.30. The van der Waals surface area contributed by atoms with Crippen LogP contribution in [0.3, 0.4) is 0 Å². The van der Waals surface area contributed by atoms with Crippen LogP contribution in [0, 0.1) is 5.92 Å². The molecule has 0 fully saturated rings. The average molecular weight is 317 g/mol. The Morgan fingerprint density at radius 3 is 2.57 bits per heavy atom. The van der Waals surface area contributed by atoms with Gasteiger partial charge >= 0.3 is 23.9 Å². The first-order valence-corrected chi connectivity index (χ1v) is 6.24. The van der Waals surface area contributed by atoms with Crippen LogP contribution in [0.1, 0.15) is 45.1 Å². The van der Waals surface area contributed by atoms with Crippen molar-refractivity contribution in [1.29, 1.82) is 0 Å². The molecule has 0 N–H and O–H groups in total. The van der Waals surface area contributed by atoms with Crippen molar-refractivity contribution in [1.82, 2.24) is 0 Å². The van der Waals surface area contributed by atoms with Crippen molar-refractivity contribution in [2.24, 2.45) is 5.92 Å². The van der Waals surface area contributed by atoms with Crippen molar-refractivity contribution in [2.45, 2.75) is 46.0 Å². The average Bonchev–Trinajstić information content (AvgIpc) is 2.55. The van der Waals surface area contributed by atoms with E-state index in [9.17, 15) is 0 Å². The van der Waals surface area contributed by atoms with Crippen LogP contribution in [0.2, 0.25) is 0 Å². The molecule has 0 saturated heterocycles. The van der Waals surface area contributed by atoms with E-state index in [4.69, 9.17) is 0 Å². The van der Waals surface area contributed by atoms with Gasteiger partial charge in [0.25, 0.3) is 0 Å². The van der Waals surface area contributed by atoms with Gasteiger partial charge in [0, 0.05) is 0 Å². The molecule has 0 aliphatic heterocycles. The Morgan fingerprint density at radius 1 is 1.21 bits per heavy atom. The van der Waals surface area contributed by atoms with Gasteiger partial charge in [-0.15, -0.1) is 0 Å². The van der Waals surface area contributed by atoms with Gasteiger partial charge in [-0.2, -0.15) is 11.3 Å². The summed E-state index contributed by atoms with van der Waals surface area (Å²) in [5, 5.41) is 4.44. The van der Waals surface area contributed by atoms with Gasteiger partial charge in [-0.05, 0) is 41.1 Å². The number of thiophene rings is 1. The Balaban J connectivity index is 0.00000169. The zero-order valence-corrected chi connectivity index (χ0v) is 14.3. The number of unbranched alkanes of at least 4 members (excludes halogenated alkanes) is 2. The van der Waals surface area contributed by atoms with Crippen LogP contribution < -0.4 is 0 Å². The van der Waals surface area contributed by atoms with Gasteiger partial charge in [0.05, 0.1) is 0 Å². The SMILES string of the molecule is CC(C)CCCCCc1ccsc1.[SnH2]. The zero-order valence-electron chi connectivity index (χ0n) is 9.46. The van der Waals surface area contributed by atoms with Gasteiger partial charge in [0.2, 0.25) is 0 Å². The summed E-state index contributed by atoms with van der Waals surface area (Å²) >= 11 is 1.81. The summed E-state index contributed by atoms with van der Waals surface area (Å²) in [6.45, 7) is 4.61. The summed E-state index contributed by atoms with van der Waals surface area (Å²) in [5.74, 6) is 0.876. The number of hydrogen-bond acceptors (Lipinski definition) is 1. The van der Waals surface area contributed by atoms with Crippen molar-refractivity contribution in [3.8, 4) is 0 Å². The predicted molar refractivity (Wildman–Crippen MR) is 69.9 cm³/mol. The molecule has 0 atom stereocenters. The summed E-state index contributed by atoms with van der Waals surface area (Å²) in [5.41, 5.74) is 1.52. The third-order valence-corrected chi connectivity index (χ3v) is 3.06. The molecule has 2 heteroatoms. The van der Waals surface area contributed by atoms with E-state index in [1.165, 1.54) is 37.7 Å². The minimum absolute atomic E-state index is 0. The fraction of sp³-hybridized carbons (Fsp3) is 0.667. The van der Waals surface area contributed by atoms with Crippen molar-refractivity contribution in [3.05, 3.63) is 22.4 Å². The maximum atomic E-state index is 2.30. The molecule has 1 heterocycles. The summed E-state index contributed by atoms with van der Waals surface area (Å²) in [4.78, 5) is 0. The van der Waals surface area contributed by atoms with Crippen LogP contribution in [0.15, 0.2) is 16.8 Å². The standard InChI is InChI=1S/C12H20S.Sn.2H/c1-11(2)6-4-3-5-7-12-8-9-13-10-12;;;/h8-11H,3-7H2,1-2H3;;;. The fourth-order valence-corrected chi connectivity index (χ4v) is 2.20. The van der Waals surface area contributed by atoms with Crippen LogP contribution in [0.5, 0.6) is 0 Å². The van der Waals surface area contributed by atoms with Gasteiger partial charge in [-0.3, -0.25) is 0 Å². The van der Waals surface area contributed by atoms with E-state index >= 15 is 0 Å². The maximum absolute atomic E-state index is 2.30. The Hall–Kier alpha value is 0.499. The Morgan fingerprint density at radius 2 is 2.00 bits per heavy atom. The molecule has 0 amide bonds. The molecule has 1 rings (SSSR count). The van der Waals surface area contributed by atoms with E-state index in [0.717, 1.165) is 5.92 Å². The zero-order chi connectivity index (χ0) is 9.52. The van der Waals surface area contributed by atoms with Crippen LogP contribution >= 0.6 is 11.3 Å². The van der Waals surface area contributed by atoms with Gasteiger partial charge in [-0.1, -0.05) is 33.1 Å². The summed E-state index contributed by atoms with van der Waals surface area (Å²) in [6.07, 6.45) is 6.84. The topological polar surface area (TPSA) is 0 Å². The first-order chi connectivity index (χ1) is 6.29. The monoisotopic (exact) mass is 318 g/mol. The first kappa shape index (κ1) is 14.5. The number of aryl methyl sites for hydroxylation is 1. The van der Waals surface area contributed by atoms with Crippen LogP contribution in [-0.4, -0.2) is 23.9 Å². The van der Waals surface area contributed by atoms with Crippen molar-refractivity contribution < 1.29 is 0 Å². The van der Waals surface area contributed by atoms with Gasteiger partial charge < -0.3 is 0 Å². The van der Waals surface area contributed by atoms with Crippen molar-refractivity contribution in [3.63, 3.8) is 0 Å².